The molecule has 1 atom stereocenters. The molecule has 36 heavy (non-hydrogen) atoms. The van der Waals surface area contributed by atoms with E-state index in [-0.39, 0.29) is 24.4 Å². The van der Waals surface area contributed by atoms with Crippen molar-refractivity contribution in [1.82, 2.24) is 9.80 Å². The summed E-state index contributed by atoms with van der Waals surface area (Å²) in [5, 5.41) is 0. The van der Waals surface area contributed by atoms with Crippen LogP contribution in [0.4, 0.5) is 0 Å². The first-order valence-electron chi connectivity index (χ1n) is 13.3. The molecule has 1 heterocycles. The van der Waals surface area contributed by atoms with Crippen LogP contribution in [0.25, 0.3) is 0 Å². The maximum absolute atomic E-state index is 13.6. The Morgan fingerprint density at radius 1 is 1.08 bits per heavy atom. The van der Waals surface area contributed by atoms with E-state index in [1.807, 2.05) is 37.3 Å². The summed E-state index contributed by atoms with van der Waals surface area (Å²) in [5.74, 6) is 2.72. The number of amides is 2. The van der Waals surface area contributed by atoms with Crippen LogP contribution >= 0.6 is 0 Å². The Morgan fingerprint density at radius 3 is 2.47 bits per heavy atom. The molecule has 1 saturated carbocycles. The van der Waals surface area contributed by atoms with Gasteiger partial charge >= 0.3 is 0 Å². The summed E-state index contributed by atoms with van der Waals surface area (Å²) in [6.07, 6.45) is 9.51. The Labute approximate surface area is 215 Å². The SMILES string of the molecule is CCC(C)N(CC(=O)N(CCc1ccc(OC)c(OC)c1)Cc1ccco1)C(=O)CCC1CCCC1. The second-order valence-electron chi connectivity index (χ2n) is 9.80. The second kappa shape index (κ2) is 14.0. The molecule has 0 saturated heterocycles. The number of ether oxygens (including phenoxy) is 2. The van der Waals surface area contributed by atoms with Gasteiger partial charge in [-0.1, -0.05) is 38.7 Å². The van der Waals surface area contributed by atoms with Crippen LogP contribution in [0.1, 0.15) is 70.1 Å². The van der Waals surface area contributed by atoms with Crippen LogP contribution in [0.5, 0.6) is 11.5 Å². The number of nitrogens with zero attached hydrogens (tertiary/aromatic N) is 2. The van der Waals surface area contributed by atoms with Crippen molar-refractivity contribution in [2.75, 3.05) is 27.3 Å². The lowest BCUT2D eigenvalue weighted by molar-refractivity contribution is -0.143. The zero-order valence-corrected chi connectivity index (χ0v) is 22.3. The van der Waals surface area contributed by atoms with E-state index in [0.717, 1.165) is 24.2 Å². The number of carbonyl (C=O) groups excluding carboxylic acids is 2. The molecular formula is C29H42N2O5. The minimum absolute atomic E-state index is 0.0151. The van der Waals surface area contributed by atoms with E-state index in [9.17, 15) is 9.59 Å². The molecule has 2 aromatic rings. The summed E-state index contributed by atoms with van der Waals surface area (Å²) in [6.45, 7) is 5.04. The number of rotatable bonds is 14. The van der Waals surface area contributed by atoms with Crippen LogP contribution in [0.3, 0.4) is 0 Å². The Morgan fingerprint density at radius 2 is 1.83 bits per heavy atom. The molecule has 198 valence electrons. The maximum atomic E-state index is 13.6. The van der Waals surface area contributed by atoms with Gasteiger partial charge < -0.3 is 23.7 Å². The van der Waals surface area contributed by atoms with Crippen molar-refractivity contribution in [3.8, 4) is 11.5 Å². The number of hydrogen-bond acceptors (Lipinski definition) is 5. The average molecular weight is 499 g/mol. The van der Waals surface area contributed by atoms with Crippen molar-refractivity contribution in [1.29, 1.82) is 0 Å². The number of furan rings is 1. The summed E-state index contributed by atoms with van der Waals surface area (Å²) in [7, 11) is 3.22. The lowest BCUT2D eigenvalue weighted by Crippen LogP contribution is -2.46. The van der Waals surface area contributed by atoms with Crippen molar-refractivity contribution >= 4 is 11.8 Å². The summed E-state index contributed by atoms with van der Waals surface area (Å²) in [6, 6.07) is 9.50. The first-order valence-corrected chi connectivity index (χ1v) is 13.3. The van der Waals surface area contributed by atoms with Gasteiger partial charge in [-0.3, -0.25) is 9.59 Å². The van der Waals surface area contributed by atoms with Crippen LogP contribution in [-0.4, -0.2) is 55.0 Å². The lowest BCUT2D eigenvalue weighted by Gasteiger charge is -2.31. The van der Waals surface area contributed by atoms with E-state index in [2.05, 4.69) is 6.92 Å². The molecule has 1 unspecified atom stereocenters. The normalized spacial score (nSPS) is 14.4. The predicted octanol–water partition coefficient (Wildman–Crippen LogP) is 5.47. The quantitative estimate of drug-likeness (QED) is 0.346. The van der Waals surface area contributed by atoms with E-state index < -0.39 is 0 Å². The summed E-state index contributed by atoms with van der Waals surface area (Å²) >= 11 is 0. The number of methoxy groups -OCH3 is 2. The summed E-state index contributed by atoms with van der Waals surface area (Å²) in [5.41, 5.74) is 1.04. The Bertz CT molecular complexity index is 953. The molecule has 0 bridgehead atoms. The third-order valence-corrected chi connectivity index (χ3v) is 7.39. The highest BCUT2D eigenvalue weighted by molar-refractivity contribution is 5.85. The van der Waals surface area contributed by atoms with Crippen LogP contribution in [0, 0.1) is 5.92 Å². The zero-order valence-electron chi connectivity index (χ0n) is 22.3. The van der Waals surface area contributed by atoms with Gasteiger partial charge in [0.1, 0.15) is 12.3 Å². The minimum atomic E-state index is -0.0682. The van der Waals surface area contributed by atoms with Gasteiger partial charge in [-0.05, 0) is 61.9 Å². The number of benzene rings is 1. The van der Waals surface area contributed by atoms with Gasteiger partial charge in [-0.2, -0.15) is 0 Å². The number of carbonyl (C=O) groups is 2. The molecule has 0 N–H and O–H groups in total. The molecule has 0 spiro atoms. The lowest BCUT2D eigenvalue weighted by atomic mass is 10.0. The summed E-state index contributed by atoms with van der Waals surface area (Å²) < 4.78 is 16.3. The molecule has 7 heteroatoms. The van der Waals surface area contributed by atoms with E-state index in [0.29, 0.717) is 43.3 Å². The van der Waals surface area contributed by atoms with Gasteiger partial charge in [0.15, 0.2) is 11.5 Å². The van der Waals surface area contributed by atoms with Crippen LogP contribution in [-0.2, 0) is 22.6 Å². The molecule has 1 aliphatic rings. The zero-order chi connectivity index (χ0) is 25.9. The largest absolute Gasteiger partial charge is 0.493 e. The first kappa shape index (κ1) is 27.6. The third kappa shape index (κ3) is 7.77. The molecule has 1 fully saturated rings. The monoisotopic (exact) mass is 498 g/mol. The van der Waals surface area contributed by atoms with E-state index in [1.165, 1.54) is 25.7 Å². The highest BCUT2D eigenvalue weighted by Gasteiger charge is 2.26. The number of hydrogen-bond donors (Lipinski definition) is 0. The minimum Gasteiger partial charge on any atom is -0.493 e. The van der Waals surface area contributed by atoms with Crippen molar-refractivity contribution in [3.05, 3.63) is 47.9 Å². The maximum Gasteiger partial charge on any atom is 0.242 e. The van der Waals surface area contributed by atoms with Crippen LogP contribution in [0.2, 0.25) is 0 Å². The fourth-order valence-electron chi connectivity index (χ4n) is 4.91. The second-order valence-corrected chi connectivity index (χ2v) is 9.80. The fourth-order valence-corrected chi connectivity index (χ4v) is 4.91. The Hall–Kier alpha value is -2.96. The Balaban J connectivity index is 1.69. The standard InChI is InChI=1S/C29H42N2O5/c1-5-22(2)31(28(32)15-13-23-9-6-7-10-23)21-29(33)30(20-25-11-8-18-36-25)17-16-24-12-14-26(34-3)27(19-24)35-4/h8,11-12,14,18-19,22-23H,5-7,9-10,13,15-17,20-21H2,1-4H3. The average Bonchev–Trinajstić information content (AvgIpc) is 3.62. The fraction of sp³-hybridized carbons (Fsp3) is 0.586. The highest BCUT2D eigenvalue weighted by Crippen LogP contribution is 2.29. The third-order valence-electron chi connectivity index (χ3n) is 7.39. The molecule has 7 nitrogen and oxygen atoms in total. The molecule has 1 aromatic carbocycles. The van der Waals surface area contributed by atoms with Gasteiger partial charge in [0.25, 0.3) is 0 Å². The molecule has 1 aliphatic carbocycles. The van der Waals surface area contributed by atoms with Gasteiger partial charge in [0.05, 0.1) is 27.0 Å². The van der Waals surface area contributed by atoms with Gasteiger partial charge in [-0.15, -0.1) is 0 Å². The smallest absolute Gasteiger partial charge is 0.242 e. The molecule has 1 aromatic heterocycles. The predicted molar refractivity (Wildman–Crippen MR) is 140 cm³/mol. The topological polar surface area (TPSA) is 72.2 Å². The van der Waals surface area contributed by atoms with Crippen molar-refractivity contribution < 1.29 is 23.5 Å². The van der Waals surface area contributed by atoms with E-state index >= 15 is 0 Å². The highest BCUT2D eigenvalue weighted by atomic mass is 16.5. The van der Waals surface area contributed by atoms with Crippen molar-refractivity contribution in [3.63, 3.8) is 0 Å². The molecule has 2 amide bonds. The molecule has 0 radical (unpaired) electrons. The van der Waals surface area contributed by atoms with Crippen LogP contribution in [0.15, 0.2) is 41.0 Å². The van der Waals surface area contributed by atoms with Gasteiger partial charge in [0.2, 0.25) is 11.8 Å². The summed E-state index contributed by atoms with van der Waals surface area (Å²) in [4.78, 5) is 30.3. The molecule has 0 aliphatic heterocycles. The van der Waals surface area contributed by atoms with Crippen LogP contribution < -0.4 is 9.47 Å². The van der Waals surface area contributed by atoms with Gasteiger partial charge in [-0.25, -0.2) is 0 Å². The van der Waals surface area contributed by atoms with Crippen molar-refractivity contribution in [2.24, 2.45) is 5.92 Å². The Kier molecular flexibility index (Phi) is 10.7. The first-order chi connectivity index (χ1) is 17.4. The molecular weight excluding hydrogens is 456 g/mol. The van der Waals surface area contributed by atoms with E-state index in [4.69, 9.17) is 13.9 Å². The van der Waals surface area contributed by atoms with Crippen molar-refractivity contribution in [2.45, 2.75) is 77.8 Å². The van der Waals surface area contributed by atoms with E-state index in [1.54, 1.807) is 30.3 Å². The van der Waals surface area contributed by atoms with Gasteiger partial charge in [0, 0.05) is 19.0 Å². The molecule has 3 rings (SSSR count).